The molecule has 0 heterocycles. The van der Waals surface area contributed by atoms with Crippen molar-refractivity contribution in [1.29, 1.82) is 0 Å². The van der Waals surface area contributed by atoms with Crippen molar-refractivity contribution in [2.75, 3.05) is 32.2 Å². The summed E-state index contributed by atoms with van der Waals surface area (Å²) in [7, 11) is 1.48. The number of ether oxygens (including phenoxy) is 2. The third-order valence-electron chi connectivity index (χ3n) is 1.99. The molecule has 3 nitrogen and oxygen atoms in total. The number of benzene rings is 1. The first-order chi connectivity index (χ1) is 8.42. The molecule has 0 radical (unpaired) electrons. The van der Waals surface area contributed by atoms with Crippen LogP contribution in [0.3, 0.4) is 0 Å². The average Bonchev–Trinajstić information content (AvgIpc) is 2.29. The third kappa shape index (κ3) is 5.46. The first-order valence-electron chi connectivity index (χ1n) is 5.14. The molecule has 0 saturated carbocycles. The van der Waals surface area contributed by atoms with Crippen LogP contribution in [0.4, 0.5) is 18.9 Å². The van der Waals surface area contributed by atoms with E-state index < -0.39 is 12.8 Å². The Morgan fingerprint density at radius 2 is 2.06 bits per heavy atom. The Morgan fingerprint density at radius 1 is 1.33 bits per heavy atom. The van der Waals surface area contributed by atoms with Gasteiger partial charge in [-0.1, -0.05) is 11.6 Å². The molecule has 0 saturated heterocycles. The summed E-state index contributed by atoms with van der Waals surface area (Å²) < 4.78 is 44.8. The molecule has 0 aliphatic carbocycles. The highest BCUT2D eigenvalue weighted by Gasteiger charge is 2.27. The summed E-state index contributed by atoms with van der Waals surface area (Å²) in [5.74, 6) is 0.498. The molecular formula is C11H13ClF3NO2. The molecule has 0 fully saturated rings. The van der Waals surface area contributed by atoms with Gasteiger partial charge in [0, 0.05) is 18.3 Å². The van der Waals surface area contributed by atoms with Crippen molar-refractivity contribution in [1.82, 2.24) is 0 Å². The molecule has 0 atom stereocenters. The molecule has 1 aromatic rings. The van der Waals surface area contributed by atoms with E-state index in [-0.39, 0.29) is 13.2 Å². The predicted molar refractivity (Wildman–Crippen MR) is 63.4 cm³/mol. The van der Waals surface area contributed by atoms with E-state index in [2.05, 4.69) is 10.1 Å². The first kappa shape index (κ1) is 14.9. The summed E-state index contributed by atoms with van der Waals surface area (Å²) in [4.78, 5) is 0. The molecule has 0 amide bonds. The van der Waals surface area contributed by atoms with Gasteiger partial charge in [-0.15, -0.1) is 0 Å². The third-order valence-corrected chi connectivity index (χ3v) is 2.30. The molecule has 7 heteroatoms. The molecule has 0 bridgehead atoms. The van der Waals surface area contributed by atoms with Gasteiger partial charge in [0.15, 0.2) is 0 Å². The van der Waals surface area contributed by atoms with E-state index in [1.165, 1.54) is 7.11 Å². The van der Waals surface area contributed by atoms with Crippen LogP contribution in [0.15, 0.2) is 18.2 Å². The highest BCUT2D eigenvalue weighted by atomic mass is 35.5. The van der Waals surface area contributed by atoms with E-state index in [1.54, 1.807) is 18.2 Å². The first-order valence-corrected chi connectivity index (χ1v) is 5.52. The van der Waals surface area contributed by atoms with Crippen LogP contribution < -0.4 is 10.1 Å². The van der Waals surface area contributed by atoms with Gasteiger partial charge in [-0.2, -0.15) is 13.2 Å². The SMILES string of the molecule is COc1cc(NCCOCC(F)(F)F)ccc1Cl. The highest BCUT2D eigenvalue weighted by Crippen LogP contribution is 2.27. The number of anilines is 1. The summed E-state index contributed by atoms with van der Waals surface area (Å²) in [5, 5.41) is 3.37. The van der Waals surface area contributed by atoms with Crippen molar-refractivity contribution < 1.29 is 22.6 Å². The Kier molecular flexibility index (Phi) is 5.55. The van der Waals surface area contributed by atoms with Crippen LogP contribution >= 0.6 is 11.6 Å². The minimum Gasteiger partial charge on any atom is -0.495 e. The molecule has 1 rings (SSSR count). The summed E-state index contributed by atoms with van der Waals surface area (Å²) in [6.45, 7) is -1.01. The normalized spacial score (nSPS) is 11.4. The maximum atomic E-state index is 11.8. The fraction of sp³-hybridized carbons (Fsp3) is 0.455. The van der Waals surface area contributed by atoms with Crippen molar-refractivity contribution in [3.8, 4) is 5.75 Å². The Labute approximate surface area is 108 Å². The van der Waals surface area contributed by atoms with E-state index in [4.69, 9.17) is 16.3 Å². The molecule has 0 unspecified atom stereocenters. The number of alkyl halides is 3. The second kappa shape index (κ2) is 6.70. The van der Waals surface area contributed by atoms with Gasteiger partial charge >= 0.3 is 6.18 Å². The monoisotopic (exact) mass is 283 g/mol. The number of halogens is 4. The average molecular weight is 284 g/mol. The van der Waals surface area contributed by atoms with E-state index in [0.717, 1.165) is 0 Å². The van der Waals surface area contributed by atoms with Crippen molar-refractivity contribution in [2.45, 2.75) is 6.18 Å². The maximum Gasteiger partial charge on any atom is 0.411 e. The van der Waals surface area contributed by atoms with E-state index >= 15 is 0 Å². The van der Waals surface area contributed by atoms with Gasteiger partial charge < -0.3 is 14.8 Å². The van der Waals surface area contributed by atoms with Crippen molar-refractivity contribution in [3.63, 3.8) is 0 Å². The topological polar surface area (TPSA) is 30.5 Å². The molecular weight excluding hydrogens is 271 g/mol. The Hall–Kier alpha value is -1.14. The Morgan fingerprint density at radius 3 is 2.67 bits per heavy atom. The van der Waals surface area contributed by atoms with Gasteiger partial charge in [0.1, 0.15) is 12.4 Å². The molecule has 0 aliphatic heterocycles. The Balaban J connectivity index is 2.31. The van der Waals surface area contributed by atoms with Crippen LogP contribution in [0.25, 0.3) is 0 Å². The predicted octanol–water partition coefficient (Wildman–Crippen LogP) is 3.34. The van der Waals surface area contributed by atoms with Gasteiger partial charge in [-0.05, 0) is 12.1 Å². The molecule has 1 N–H and O–H groups in total. The van der Waals surface area contributed by atoms with Crippen molar-refractivity contribution >= 4 is 17.3 Å². The fourth-order valence-corrected chi connectivity index (χ4v) is 1.42. The smallest absolute Gasteiger partial charge is 0.411 e. The summed E-state index contributed by atoms with van der Waals surface area (Å²) in [6.07, 6.45) is -4.29. The van der Waals surface area contributed by atoms with Gasteiger partial charge in [-0.25, -0.2) is 0 Å². The van der Waals surface area contributed by atoms with Crippen LogP contribution in [0.2, 0.25) is 5.02 Å². The quantitative estimate of drug-likeness (QED) is 0.812. The van der Waals surface area contributed by atoms with Crippen LogP contribution in [-0.2, 0) is 4.74 Å². The Bertz CT molecular complexity index is 385. The molecule has 0 spiro atoms. The summed E-state index contributed by atoms with van der Waals surface area (Å²) in [5.41, 5.74) is 0.701. The lowest BCUT2D eigenvalue weighted by atomic mass is 10.3. The second-order valence-corrected chi connectivity index (χ2v) is 3.85. The zero-order valence-electron chi connectivity index (χ0n) is 9.68. The van der Waals surface area contributed by atoms with Crippen molar-refractivity contribution in [3.05, 3.63) is 23.2 Å². The standard InChI is InChI=1S/C11H13ClF3NO2/c1-17-10-6-8(2-3-9(10)12)16-4-5-18-7-11(13,14)15/h2-3,6,16H,4-5,7H2,1H3. The van der Waals surface area contributed by atoms with Crippen LogP contribution in [0.5, 0.6) is 5.75 Å². The second-order valence-electron chi connectivity index (χ2n) is 3.44. The zero-order valence-corrected chi connectivity index (χ0v) is 10.4. The minimum atomic E-state index is -4.29. The van der Waals surface area contributed by atoms with Gasteiger partial charge in [0.05, 0.1) is 18.7 Å². The van der Waals surface area contributed by atoms with Gasteiger partial charge in [0.2, 0.25) is 0 Å². The minimum absolute atomic E-state index is 0.0373. The van der Waals surface area contributed by atoms with Gasteiger partial charge in [-0.3, -0.25) is 0 Å². The summed E-state index contributed by atoms with van der Waals surface area (Å²) in [6, 6.07) is 5.00. The van der Waals surface area contributed by atoms with E-state index in [1.807, 2.05) is 0 Å². The highest BCUT2D eigenvalue weighted by molar-refractivity contribution is 6.32. The van der Waals surface area contributed by atoms with Crippen LogP contribution in [-0.4, -0.2) is 33.0 Å². The molecule has 0 aromatic heterocycles. The van der Waals surface area contributed by atoms with E-state index in [0.29, 0.717) is 16.5 Å². The number of rotatable bonds is 6. The molecule has 0 aliphatic rings. The van der Waals surface area contributed by atoms with Crippen molar-refractivity contribution in [2.24, 2.45) is 0 Å². The maximum absolute atomic E-state index is 11.8. The fourth-order valence-electron chi connectivity index (χ4n) is 1.23. The number of hydrogen-bond donors (Lipinski definition) is 1. The number of methoxy groups -OCH3 is 1. The summed E-state index contributed by atoms with van der Waals surface area (Å²) >= 11 is 5.83. The van der Waals surface area contributed by atoms with Gasteiger partial charge in [0.25, 0.3) is 0 Å². The van der Waals surface area contributed by atoms with Crippen LogP contribution in [0, 0.1) is 0 Å². The lowest BCUT2D eigenvalue weighted by Gasteiger charge is -2.10. The molecule has 1 aromatic carbocycles. The molecule has 18 heavy (non-hydrogen) atoms. The number of nitrogens with one attached hydrogen (secondary N) is 1. The zero-order chi connectivity index (χ0) is 13.6. The largest absolute Gasteiger partial charge is 0.495 e. The molecule has 102 valence electrons. The number of hydrogen-bond acceptors (Lipinski definition) is 3. The van der Waals surface area contributed by atoms with Crippen LogP contribution in [0.1, 0.15) is 0 Å². The lowest BCUT2D eigenvalue weighted by molar-refractivity contribution is -0.172. The van der Waals surface area contributed by atoms with E-state index in [9.17, 15) is 13.2 Å². The lowest BCUT2D eigenvalue weighted by Crippen LogP contribution is -2.20.